The van der Waals surface area contributed by atoms with E-state index in [0.717, 1.165) is 12.1 Å². The third-order valence-electron chi connectivity index (χ3n) is 3.46. The number of rotatable bonds is 4. The van der Waals surface area contributed by atoms with Gasteiger partial charge in [0.2, 0.25) is 0 Å². The van der Waals surface area contributed by atoms with E-state index in [1.807, 2.05) is 13.0 Å². The number of aliphatic hydroxyl groups excluding tert-OH is 1. The van der Waals surface area contributed by atoms with Crippen molar-refractivity contribution < 1.29 is 14.6 Å². The first-order valence-corrected chi connectivity index (χ1v) is 6.69. The van der Waals surface area contributed by atoms with E-state index in [1.54, 1.807) is 16.6 Å². The van der Waals surface area contributed by atoms with Crippen LogP contribution in [0.2, 0.25) is 0 Å². The van der Waals surface area contributed by atoms with Crippen molar-refractivity contribution in [1.82, 2.24) is 14.7 Å². The van der Waals surface area contributed by atoms with Gasteiger partial charge in [0.15, 0.2) is 0 Å². The first-order chi connectivity index (χ1) is 9.17. The predicted octanol–water partition coefficient (Wildman–Crippen LogP) is 0.206. The van der Waals surface area contributed by atoms with Crippen LogP contribution in [-0.2, 0) is 18.2 Å². The van der Waals surface area contributed by atoms with Gasteiger partial charge < -0.3 is 14.7 Å². The molecule has 6 nitrogen and oxygen atoms in total. The number of morpholine rings is 1. The molecule has 0 radical (unpaired) electrons. The van der Waals surface area contributed by atoms with Crippen molar-refractivity contribution in [1.29, 1.82) is 0 Å². The zero-order valence-electron chi connectivity index (χ0n) is 11.5. The smallest absolute Gasteiger partial charge is 0.272 e. The van der Waals surface area contributed by atoms with Gasteiger partial charge in [-0.2, -0.15) is 5.10 Å². The summed E-state index contributed by atoms with van der Waals surface area (Å²) in [7, 11) is 1.79. The lowest BCUT2D eigenvalue weighted by atomic mass is 10.1. The minimum Gasteiger partial charge on any atom is -0.396 e. The van der Waals surface area contributed by atoms with Crippen molar-refractivity contribution in [2.45, 2.75) is 25.8 Å². The highest BCUT2D eigenvalue weighted by molar-refractivity contribution is 5.93. The fourth-order valence-corrected chi connectivity index (χ4v) is 2.36. The summed E-state index contributed by atoms with van der Waals surface area (Å²) in [6, 6.07) is 1.79. The Morgan fingerprint density at radius 3 is 3.05 bits per heavy atom. The highest BCUT2D eigenvalue weighted by Gasteiger charge is 2.29. The molecular formula is C13H21N3O3. The summed E-state index contributed by atoms with van der Waals surface area (Å²) >= 11 is 0. The molecule has 1 amide bonds. The number of aromatic nitrogens is 2. The third kappa shape index (κ3) is 2.96. The topological polar surface area (TPSA) is 67.6 Å². The molecule has 0 aliphatic carbocycles. The molecule has 106 valence electrons. The van der Waals surface area contributed by atoms with Gasteiger partial charge in [-0.3, -0.25) is 9.48 Å². The summed E-state index contributed by atoms with van der Waals surface area (Å²) in [6.45, 7) is 3.68. The van der Waals surface area contributed by atoms with Crippen LogP contribution in [0.3, 0.4) is 0 Å². The van der Waals surface area contributed by atoms with E-state index in [-0.39, 0.29) is 18.6 Å². The zero-order chi connectivity index (χ0) is 13.8. The minimum atomic E-state index is -0.0498. The molecule has 1 aromatic rings. The van der Waals surface area contributed by atoms with Crippen molar-refractivity contribution in [3.8, 4) is 0 Å². The van der Waals surface area contributed by atoms with E-state index < -0.39 is 0 Å². The molecule has 0 saturated carbocycles. The van der Waals surface area contributed by atoms with Gasteiger partial charge in [-0.1, -0.05) is 6.92 Å². The molecule has 1 fully saturated rings. The molecule has 0 spiro atoms. The van der Waals surface area contributed by atoms with E-state index in [0.29, 0.717) is 31.9 Å². The molecule has 1 saturated heterocycles. The van der Waals surface area contributed by atoms with Crippen LogP contribution in [-0.4, -0.2) is 58.1 Å². The second-order valence-corrected chi connectivity index (χ2v) is 4.74. The number of hydrogen-bond acceptors (Lipinski definition) is 4. The lowest BCUT2D eigenvalue weighted by molar-refractivity contribution is -0.00882. The molecule has 1 unspecified atom stereocenters. The first-order valence-electron chi connectivity index (χ1n) is 6.69. The normalized spacial score (nSPS) is 19.7. The van der Waals surface area contributed by atoms with Crippen molar-refractivity contribution in [2.24, 2.45) is 7.05 Å². The Morgan fingerprint density at radius 2 is 2.42 bits per heavy atom. The van der Waals surface area contributed by atoms with Crippen LogP contribution in [0.4, 0.5) is 0 Å². The quantitative estimate of drug-likeness (QED) is 0.846. The Kier molecular flexibility index (Phi) is 4.55. The maximum Gasteiger partial charge on any atom is 0.272 e. The highest BCUT2D eigenvalue weighted by atomic mass is 16.5. The number of nitrogens with zero attached hydrogens (tertiary/aromatic N) is 3. The summed E-state index contributed by atoms with van der Waals surface area (Å²) in [5.41, 5.74) is 1.51. The molecule has 1 aromatic heterocycles. The monoisotopic (exact) mass is 267 g/mol. The van der Waals surface area contributed by atoms with Crippen LogP contribution in [0, 0.1) is 0 Å². The van der Waals surface area contributed by atoms with Crippen LogP contribution in [0.1, 0.15) is 29.5 Å². The Hall–Kier alpha value is -1.40. The molecule has 6 heteroatoms. The molecule has 1 N–H and O–H groups in total. The van der Waals surface area contributed by atoms with Crippen molar-refractivity contribution in [2.75, 3.05) is 26.4 Å². The van der Waals surface area contributed by atoms with Crippen LogP contribution in [0.15, 0.2) is 6.07 Å². The number of hydrogen-bond donors (Lipinski definition) is 1. The van der Waals surface area contributed by atoms with E-state index in [2.05, 4.69) is 5.10 Å². The lowest BCUT2D eigenvalue weighted by Crippen LogP contribution is -2.49. The molecule has 2 heterocycles. The number of ether oxygens (including phenoxy) is 1. The van der Waals surface area contributed by atoms with Gasteiger partial charge in [-0.05, 0) is 18.9 Å². The van der Waals surface area contributed by atoms with E-state index >= 15 is 0 Å². The number of amides is 1. The second-order valence-electron chi connectivity index (χ2n) is 4.74. The average Bonchev–Trinajstić information content (AvgIpc) is 2.80. The Bertz CT molecular complexity index is 442. The lowest BCUT2D eigenvalue weighted by Gasteiger charge is -2.35. The van der Waals surface area contributed by atoms with Gasteiger partial charge in [0.1, 0.15) is 5.69 Å². The van der Waals surface area contributed by atoms with Gasteiger partial charge in [-0.15, -0.1) is 0 Å². The number of aryl methyl sites for hydroxylation is 2. The maximum absolute atomic E-state index is 12.6. The Labute approximate surface area is 113 Å². The molecule has 1 atom stereocenters. The highest BCUT2D eigenvalue weighted by Crippen LogP contribution is 2.15. The van der Waals surface area contributed by atoms with Crippen LogP contribution < -0.4 is 0 Å². The molecule has 0 bridgehead atoms. The Balaban J connectivity index is 2.18. The van der Waals surface area contributed by atoms with E-state index in [9.17, 15) is 4.79 Å². The predicted molar refractivity (Wildman–Crippen MR) is 69.9 cm³/mol. The number of aliphatic hydroxyl groups is 1. The van der Waals surface area contributed by atoms with E-state index in [4.69, 9.17) is 9.84 Å². The summed E-state index contributed by atoms with van der Waals surface area (Å²) in [6.07, 6.45) is 1.36. The molecule has 2 rings (SSSR count). The number of carbonyl (C=O) groups is 1. The van der Waals surface area contributed by atoms with Gasteiger partial charge in [-0.25, -0.2) is 0 Å². The van der Waals surface area contributed by atoms with Gasteiger partial charge >= 0.3 is 0 Å². The number of carbonyl (C=O) groups excluding carboxylic acids is 1. The molecular weight excluding hydrogens is 246 g/mol. The van der Waals surface area contributed by atoms with Gasteiger partial charge in [0.05, 0.1) is 24.9 Å². The van der Waals surface area contributed by atoms with Crippen molar-refractivity contribution in [3.05, 3.63) is 17.5 Å². The summed E-state index contributed by atoms with van der Waals surface area (Å²) in [5.74, 6) is -0.0311. The third-order valence-corrected chi connectivity index (χ3v) is 3.46. The maximum atomic E-state index is 12.6. The minimum absolute atomic E-state index is 0.0311. The summed E-state index contributed by atoms with van der Waals surface area (Å²) in [5, 5.41) is 13.4. The van der Waals surface area contributed by atoms with E-state index in [1.165, 1.54) is 0 Å². The second kappa shape index (κ2) is 6.16. The largest absolute Gasteiger partial charge is 0.396 e. The van der Waals surface area contributed by atoms with Crippen LogP contribution in [0.25, 0.3) is 0 Å². The summed E-state index contributed by atoms with van der Waals surface area (Å²) < 4.78 is 7.01. The standard InChI is InChI=1S/C13H21N3O3/c1-3-10-8-12(15(2)14-10)13(18)16-5-7-19-9-11(16)4-6-17/h8,11,17H,3-7,9H2,1-2H3. The van der Waals surface area contributed by atoms with Gasteiger partial charge in [0.25, 0.3) is 5.91 Å². The fraction of sp³-hybridized carbons (Fsp3) is 0.692. The zero-order valence-corrected chi connectivity index (χ0v) is 11.5. The molecule has 1 aliphatic heterocycles. The fourth-order valence-electron chi connectivity index (χ4n) is 2.36. The average molecular weight is 267 g/mol. The molecule has 0 aromatic carbocycles. The van der Waals surface area contributed by atoms with Crippen molar-refractivity contribution in [3.63, 3.8) is 0 Å². The van der Waals surface area contributed by atoms with Gasteiger partial charge in [0, 0.05) is 20.2 Å². The summed E-state index contributed by atoms with van der Waals surface area (Å²) in [4.78, 5) is 14.4. The molecule has 19 heavy (non-hydrogen) atoms. The van der Waals surface area contributed by atoms with Crippen LogP contribution in [0.5, 0.6) is 0 Å². The van der Waals surface area contributed by atoms with Crippen LogP contribution >= 0.6 is 0 Å². The molecule has 1 aliphatic rings. The van der Waals surface area contributed by atoms with Crippen molar-refractivity contribution >= 4 is 5.91 Å². The first kappa shape index (κ1) is 14.0. The Morgan fingerprint density at radius 1 is 1.63 bits per heavy atom. The SMILES string of the molecule is CCc1cc(C(=O)N2CCOCC2CCO)n(C)n1.